The summed E-state index contributed by atoms with van der Waals surface area (Å²) in [6.07, 6.45) is 5.08. The van der Waals surface area contributed by atoms with Gasteiger partial charge in [0.15, 0.2) is 5.78 Å². The van der Waals surface area contributed by atoms with Gasteiger partial charge in [0.1, 0.15) is 0 Å². The van der Waals surface area contributed by atoms with Gasteiger partial charge in [-0.3, -0.25) is 9.69 Å². The summed E-state index contributed by atoms with van der Waals surface area (Å²) in [5, 5.41) is 0. The third-order valence-corrected chi connectivity index (χ3v) is 4.81. The van der Waals surface area contributed by atoms with Gasteiger partial charge in [-0.25, -0.2) is 0 Å². The summed E-state index contributed by atoms with van der Waals surface area (Å²) in [6.45, 7) is 6.42. The molecule has 1 aliphatic carbocycles. The molecule has 0 N–H and O–H groups in total. The number of carbonyl (C=O) groups excluding carboxylic acids is 1. The summed E-state index contributed by atoms with van der Waals surface area (Å²) in [7, 11) is 2.11. The Morgan fingerprint density at radius 3 is 2.50 bits per heavy atom. The fourth-order valence-corrected chi connectivity index (χ4v) is 3.23. The molecule has 1 aliphatic rings. The van der Waals surface area contributed by atoms with Crippen LogP contribution in [0.2, 0.25) is 0 Å². The van der Waals surface area contributed by atoms with Gasteiger partial charge in [-0.1, -0.05) is 49.6 Å². The lowest BCUT2D eigenvalue weighted by Gasteiger charge is -2.37. The molecule has 1 saturated carbocycles. The summed E-state index contributed by atoms with van der Waals surface area (Å²) in [6, 6.07) is 8.46. The lowest BCUT2D eigenvalue weighted by Crippen LogP contribution is -2.44. The predicted molar refractivity (Wildman–Crippen MR) is 84.2 cm³/mol. The number of hydrogen-bond acceptors (Lipinski definition) is 2. The van der Waals surface area contributed by atoms with Crippen molar-refractivity contribution in [1.29, 1.82) is 0 Å². The van der Waals surface area contributed by atoms with Gasteiger partial charge in [0, 0.05) is 11.6 Å². The zero-order valence-electron chi connectivity index (χ0n) is 13.2. The number of Topliss-reactive ketones (excluding diaryl/α,β-unsaturated/α-hetero) is 1. The Hall–Kier alpha value is -1.15. The molecule has 3 unspecified atom stereocenters. The zero-order valence-corrected chi connectivity index (χ0v) is 13.2. The lowest BCUT2D eigenvalue weighted by molar-refractivity contribution is 0.0748. The molecule has 3 atom stereocenters. The van der Waals surface area contributed by atoms with Crippen LogP contribution in [-0.2, 0) is 0 Å². The average molecular weight is 273 g/mol. The number of nitrogens with zero attached hydrogens (tertiary/aromatic N) is 1. The van der Waals surface area contributed by atoms with Crippen LogP contribution in [0.4, 0.5) is 0 Å². The van der Waals surface area contributed by atoms with E-state index in [-0.39, 0.29) is 11.8 Å². The van der Waals surface area contributed by atoms with Gasteiger partial charge in [0.05, 0.1) is 6.04 Å². The van der Waals surface area contributed by atoms with Crippen molar-refractivity contribution in [3.63, 3.8) is 0 Å². The normalized spacial score (nSPS) is 24.6. The molecule has 0 heterocycles. The minimum absolute atomic E-state index is 0.0343. The third kappa shape index (κ3) is 3.49. The molecule has 2 rings (SSSR count). The number of hydrogen-bond donors (Lipinski definition) is 0. The Morgan fingerprint density at radius 2 is 1.90 bits per heavy atom. The van der Waals surface area contributed by atoms with E-state index in [1.54, 1.807) is 0 Å². The molecule has 0 saturated heterocycles. The van der Waals surface area contributed by atoms with Crippen LogP contribution in [0.1, 0.15) is 55.5 Å². The van der Waals surface area contributed by atoms with E-state index in [4.69, 9.17) is 0 Å². The van der Waals surface area contributed by atoms with Gasteiger partial charge in [0.2, 0.25) is 0 Å². The van der Waals surface area contributed by atoms with Crippen molar-refractivity contribution in [3.8, 4) is 0 Å². The zero-order chi connectivity index (χ0) is 14.7. The number of aryl methyl sites for hydroxylation is 1. The molecular weight excluding hydrogens is 246 g/mol. The van der Waals surface area contributed by atoms with E-state index in [1.807, 2.05) is 38.1 Å². The first-order valence-electron chi connectivity index (χ1n) is 7.82. The topological polar surface area (TPSA) is 20.3 Å². The number of rotatable bonds is 4. The van der Waals surface area contributed by atoms with E-state index in [1.165, 1.54) is 31.2 Å². The maximum Gasteiger partial charge on any atom is 0.179 e. The molecule has 0 spiro atoms. The maximum absolute atomic E-state index is 12.6. The minimum atomic E-state index is -0.0343. The number of likely N-dealkylation sites (N-methyl/N-ethyl adjacent to an activating group) is 1. The Labute approximate surface area is 123 Å². The molecule has 20 heavy (non-hydrogen) atoms. The summed E-state index contributed by atoms with van der Waals surface area (Å²) < 4.78 is 0. The molecule has 1 aromatic rings. The van der Waals surface area contributed by atoms with Crippen LogP contribution < -0.4 is 0 Å². The van der Waals surface area contributed by atoms with Crippen molar-refractivity contribution in [2.45, 2.75) is 58.5 Å². The van der Waals surface area contributed by atoms with E-state index in [0.29, 0.717) is 6.04 Å². The van der Waals surface area contributed by atoms with Gasteiger partial charge >= 0.3 is 0 Å². The first kappa shape index (κ1) is 15.2. The minimum Gasteiger partial charge on any atom is -0.294 e. The monoisotopic (exact) mass is 273 g/mol. The summed E-state index contributed by atoms with van der Waals surface area (Å²) >= 11 is 0. The summed E-state index contributed by atoms with van der Waals surface area (Å²) in [5.41, 5.74) is 2.03. The molecule has 0 radical (unpaired) electrons. The second kappa shape index (κ2) is 6.53. The number of ketones is 1. The highest BCUT2D eigenvalue weighted by atomic mass is 16.1. The Bertz CT molecular complexity index is 451. The highest BCUT2D eigenvalue weighted by Crippen LogP contribution is 2.28. The molecule has 1 aromatic carbocycles. The second-order valence-corrected chi connectivity index (χ2v) is 6.50. The van der Waals surface area contributed by atoms with E-state index >= 15 is 0 Å². The first-order chi connectivity index (χ1) is 9.49. The van der Waals surface area contributed by atoms with Gasteiger partial charge in [-0.15, -0.1) is 0 Å². The van der Waals surface area contributed by atoms with Gasteiger partial charge in [-0.05, 0) is 39.7 Å². The number of benzene rings is 1. The van der Waals surface area contributed by atoms with Crippen LogP contribution in [0, 0.1) is 12.8 Å². The molecule has 0 bridgehead atoms. The Balaban J connectivity index is 2.03. The van der Waals surface area contributed by atoms with Crippen molar-refractivity contribution in [1.82, 2.24) is 4.90 Å². The third-order valence-electron chi connectivity index (χ3n) is 4.81. The molecule has 0 aromatic heterocycles. The molecule has 1 fully saturated rings. The highest BCUT2D eigenvalue weighted by Gasteiger charge is 2.28. The van der Waals surface area contributed by atoms with Crippen molar-refractivity contribution in [2.24, 2.45) is 5.92 Å². The van der Waals surface area contributed by atoms with Crippen LogP contribution in [0.25, 0.3) is 0 Å². The fourth-order valence-electron chi connectivity index (χ4n) is 3.23. The largest absolute Gasteiger partial charge is 0.294 e. The molecular formula is C18H27NO. The van der Waals surface area contributed by atoms with E-state index in [0.717, 1.165) is 11.5 Å². The standard InChI is InChI=1S/C18H27NO/c1-13-8-10-16(11-9-13)18(20)15(3)19(4)17-7-5-6-14(2)12-17/h8-11,14-15,17H,5-7,12H2,1-4H3. The fraction of sp³-hybridized carbons (Fsp3) is 0.611. The molecule has 2 nitrogen and oxygen atoms in total. The van der Waals surface area contributed by atoms with Crippen LogP contribution in [0.15, 0.2) is 24.3 Å². The first-order valence-corrected chi connectivity index (χ1v) is 7.82. The van der Waals surface area contributed by atoms with Crippen LogP contribution in [-0.4, -0.2) is 29.8 Å². The second-order valence-electron chi connectivity index (χ2n) is 6.50. The SMILES string of the molecule is Cc1ccc(C(=O)C(C)N(C)C2CCCC(C)C2)cc1. The molecule has 2 heteroatoms. The summed E-state index contributed by atoms with van der Waals surface area (Å²) in [5.74, 6) is 1.03. The van der Waals surface area contributed by atoms with Crippen LogP contribution >= 0.6 is 0 Å². The van der Waals surface area contributed by atoms with Crippen LogP contribution in [0.3, 0.4) is 0 Å². The lowest BCUT2D eigenvalue weighted by atomic mass is 9.85. The average Bonchev–Trinajstić information content (AvgIpc) is 2.46. The van der Waals surface area contributed by atoms with Crippen molar-refractivity contribution in [3.05, 3.63) is 35.4 Å². The molecule has 110 valence electrons. The summed E-state index contributed by atoms with van der Waals surface area (Å²) in [4.78, 5) is 14.9. The predicted octanol–water partition coefficient (Wildman–Crippen LogP) is 4.08. The van der Waals surface area contributed by atoms with Crippen molar-refractivity contribution in [2.75, 3.05) is 7.05 Å². The Morgan fingerprint density at radius 1 is 1.25 bits per heavy atom. The quantitative estimate of drug-likeness (QED) is 0.771. The van der Waals surface area contributed by atoms with Gasteiger partial charge < -0.3 is 0 Å². The molecule has 0 amide bonds. The van der Waals surface area contributed by atoms with E-state index < -0.39 is 0 Å². The van der Waals surface area contributed by atoms with E-state index in [2.05, 4.69) is 18.9 Å². The van der Waals surface area contributed by atoms with Crippen molar-refractivity contribution >= 4 is 5.78 Å². The smallest absolute Gasteiger partial charge is 0.179 e. The van der Waals surface area contributed by atoms with Crippen LogP contribution in [0.5, 0.6) is 0 Å². The van der Waals surface area contributed by atoms with E-state index in [9.17, 15) is 4.79 Å². The molecule has 0 aliphatic heterocycles. The highest BCUT2D eigenvalue weighted by molar-refractivity contribution is 5.99. The number of carbonyl (C=O) groups is 1. The Kier molecular flexibility index (Phi) is 4.98. The maximum atomic E-state index is 12.6. The van der Waals surface area contributed by atoms with Gasteiger partial charge in [0.25, 0.3) is 0 Å². The van der Waals surface area contributed by atoms with Crippen molar-refractivity contribution < 1.29 is 4.79 Å². The van der Waals surface area contributed by atoms with Gasteiger partial charge in [-0.2, -0.15) is 0 Å².